The number of anilines is 2. The molecule has 10 atom stereocenters. The number of hydrogen-bond donors (Lipinski definition) is 7. The molecular weight excluding hydrogens is 741 g/mol. The maximum Gasteiger partial charge on any atom is 0.327 e. The van der Waals surface area contributed by atoms with Crippen LogP contribution in [0.25, 0.3) is 22.3 Å². The van der Waals surface area contributed by atoms with Gasteiger partial charge in [-0.1, -0.05) is 0 Å². The number of phosphoric acid groups is 2. The Morgan fingerprint density at radius 1 is 0.880 bits per heavy atom. The highest BCUT2D eigenvalue weighted by Crippen LogP contribution is 2.52. The number of phosphoric ester groups is 2. The Balaban J connectivity index is 1.20. The summed E-state index contributed by atoms with van der Waals surface area (Å²) >= 11 is 0. The number of fused-ring (bicyclic) bond motifs is 4. The summed E-state index contributed by atoms with van der Waals surface area (Å²) in [6, 6.07) is 0. The maximum absolute atomic E-state index is 13.3. The fraction of sp³-hybridized carbons (Fsp3) is 0.524. The second-order valence-electron chi connectivity index (χ2n) is 10.9. The third-order valence-electron chi connectivity index (χ3n) is 7.81. The number of rotatable bonds is 4. The Labute approximate surface area is 277 Å². The van der Waals surface area contributed by atoms with Crippen molar-refractivity contribution in [1.82, 2.24) is 39.0 Å². The van der Waals surface area contributed by atoms with Gasteiger partial charge in [-0.15, -0.1) is 0 Å². The molecular formula is C21H25N10O16P3-2. The number of nitrogens with two attached hydrogens (primary N) is 2. The summed E-state index contributed by atoms with van der Waals surface area (Å²) in [5, 5.41) is 11.1. The first-order chi connectivity index (χ1) is 23.6. The number of imidazole rings is 2. The summed E-state index contributed by atoms with van der Waals surface area (Å²) in [5.41, 5.74) is 9.07. The van der Waals surface area contributed by atoms with Crippen LogP contribution in [0.4, 0.5) is 11.9 Å². The van der Waals surface area contributed by atoms with E-state index in [-0.39, 0.29) is 34.2 Å². The van der Waals surface area contributed by atoms with Crippen molar-refractivity contribution in [3.8, 4) is 0 Å². The molecule has 0 aliphatic carbocycles. The van der Waals surface area contributed by atoms with Crippen molar-refractivity contribution in [2.24, 2.45) is 0 Å². The van der Waals surface area contributed by atoms with Crippen molar-refractivity contribution in [2.45, 2.75) is 55.5 Å². The molecule has 29 heteroatoms. The number of aliphatic hydroxyl groups excluding tert-OH is 1. The molecule has 3 saturated heterocycles. The van der Waals surface area contributed by atoms with Crippen LogP contribution in [0.15, 0.2) is 22.2 Å². The van der Waals surface area contributed by atoms with Gasteiger partial charge in [0.1, 0.15) is 30.5 Å². The van der Waals surface area contributed by atoms with Gasteiger partial charge in [0.05, 0.1) is 32.0 Å². The lowest BCUT2D eigenvalue weighted by Gasteiger charge is -2.32. The molecule has 3 aliphatic rings. The van der Waals surface area contributed by atoms with Crippen LogP contribution >= 0.6 is 24.2 Å². The lowest BCUT2D eigenvalue weighted by Crippen LogP contribution is -2.38. The van der Waals surface area contributed by atoms with Gasteiger partial charge in [0, 0.05) is 6.42 Å². The van der Waals surface area contributed by atoms with Gasteiger partial charge in [0.2, 0.25) is 11.9 Å². The first-order valence-corrected chi connectivity index (χ1v) is 18.3. The molecule has 4 aromatic rings. The Kier molecular flexibility index (Phi) is 9.16. The van der Waals surface area contributed by atoms with Gasteiger partial charge in [0.15, 0.2) is 34.8 Å². The van der Waals surface area contributed by atoms with E-state index < -0.39 is 104 Å². The van der Waals surface area contributed by atoms with Crippen LogP contribution in [0.3, 0.4) is 0 Å². The molecule has 0 aromatic carbocycles. The molecule has 4 aromatic heterocycles. The monoisotopic (exact) mass is 766 g/mol. The summed E-state index contributed by atoms with van der Waals surface area (Å²) in [7, 11) is -14.0. The number of aromatic amines is 2. The number of hydrogen-bond acceptors (Lipinski definition) is 22. The lowest BCUT2D eigenvalue weighted by molar-refractivity contribution is -0.236. The van der Waals surface area contributed by atoms with E-state index >= 15 is 0 Å². The molecule has 272 valence electrons. The fourth-order valence-corrected chi connectivity index (χ4v) is 8.12. The molecule has 3 aliphatic heterocycles. The van der Waals surface area contributed by atoms with E-state index in [1.54, 1.807) is 0 Å². The number of nitrogen functional groups attached to an aromatic ring is 2. The number of aromatic nitrogens is 8. The quantitative estimate of drug-likeness (QED) is 0.0983. The molecule has 9 N–H and O–H groups in total. The Hall–Kier alpha value is -3.29. The third-order valence-corrected chi connectivity index (χ3v) is 10.2. The highest BCUT2D eigenvalue weighted by atomic mass is 31.2. The van der Waals surface area contributed by atoms with Gasteiger partial charge in [-0.05, 0) is 0 Å². The number of nitrogens with one attached hydrogen (secondary N) is 2. The van der Waals surface area contributed by atoms with Crippen LogP contribution in [-0.4, -0.2) is 104 Å². The van der Waals surface area contributed by atoms with Gasteiger partial charge < -0.3 is 68.2 Å². The van der Waals surface area contributed by atoms with E-state index in [0.717, 1.165) is 21.8 Å². The summed E-state index contributed by atoms with van der Waals surface area (Å²) < 4.78 is 65.8. The summed E-state index contributed by atoms with van der Waals surface area (Å²) in [4.78, 5) is 90.8. The van der Waals surface area contributed by atoms with Gasteiger partial charge >= 0.3 is 8.60 Å². The molecule has 26 nitrogen and oxygen atoms in total. The topological polar surface area (TPSA) is 385 Å². The van der Waals surface area contributed by atoms with Gasteiger partial charge in [-0.25, -0.2) is 9.97 Å². The van der Waals surface area contributed by atoms with E-state index in [0.29, 0.717) is 0 Å². The van der Waals surface area contributed by atoms with E-state index in [2.05, 4.69) is 29.9 Å². The smallest absolute Gasteiger partial charge is 0.327 e. The Morgan fingerprint density at radius 2 is 1.42 bits per heavy atom. The Bertz CT molecular complexity index is 2140. The molecule has 4 unspecified atom stereocenters. The van der Waals surface area contributed by atoms with Crippen molar-refractivity contribution in [3.63, 3.8) is 0 Å². The van der Waals surface area contributed by atoms with Crippen molar-refractivity contribution in [3.05, 3.63) is 33.4 Å². The standard InChI is InChI=1S/C21H27N10O16P3/c22-20-26-14-8(16(33)28-20)24-4-30(14)18-10(32)11-7(44-18)3-42-50(39,40)47-12-6(1-2-41-49(37,38)46-11)43-19(13(12)45-48(35)36)31-5-25-9-15(31)27-21(23)29-17(9)34/h4-7,10-13,18-19,32,35-36H,1-3H2,(H,37,38)(H,39,40)(H3,22,26,28,33)(H3,23,27,29,34)/p-2/t6-,7+,10+,11?,12?,13+,18-,19-/m1/s1. The van der Waals surface area contributed by atoms with E-state index in [1.165, 1.54) is 0 Å². The predicted molar refractivity (Wildman–Crippen MR) is 157 cm³/mol. The average molecular weight is 766 g/mol. The predicted octanol–water partition coefficient (Wildman–Crippen LogP) is -3.69. The summed E-state index contributed by atoms with van der Waals surface area (Å²) in [6.45, 7) is -1.74. The minimum Gasteiger partial charge on any atom is -0.756 e. The molecule has 50 heavy (non-hydrogen) atoms. The van der Waals surface area contributed by atoms with Crippen LogP contribution < -0.4 is 32.4 Å². The fourth-order valence-electron chi connectivity index (χ4n) is 5.79. The Morgan fingerprint density at radius 3 is 2.02 bits per heavy atom. The molecule has 0 amide bonds. The molecule has 3 fully saturated rings. The van der Waals surface area contributed by atoms with Crippen LogP contribution in [-0.2, 0) is 41.2 Å². The second-order valence-corrected chi connectivity index (χ2v) is 14.4. The third kappa shape index (κ3) is 6.61. The van der Waals surface area contributed by atoms with Crippen LogP contribution in [0, 0.1) is 0 Å². The first kappa shape index (κ1) is 35.1. The first-order valence-electron chi connectivity index (χ1n) is 14.2. The molecule has 0 spiro atoms. The number of nitrogens with zero attached hydrogens (tertiary/aromatic N) is 6. The normalized spacial score (nSPS) is 35.5. The molecule has 7 heterocycles. The van der Waals surface area contributed by atoms with Crippen molar-refractivity contribution < 1.29 is 65.9 Å². The SMILES string of the molecule is Nc1nc2c(ncn2[C@@H]2O[C@H]3COP(=O)([O-])OC4[C@@H](CCOP(=O)([O-])OC3[C@@H]2O)O[C@@H](n2cnc3c(=O)[nH]c(N)nc32)[C@H]4OP(O)O)c(=O)[nH]1. The van der Waals surface area contributed by atoms with Crippen molar-refractivity contribution in [2.75, 3.05) is 24.7 Å². The lowest BCUT2D eigenvalue weighted by atomic mass is 10.1. The van der Waals surface area contributed by atoms with Crippen molar-refractivity contribution >= 4 is 58.5 Å². The van der Waals surface area contributed by atoms with Gasteiger partial charge in [-0.3, -0.25) is 37.8 Å². The maximum atomic E-state index is 13.3. The van der Waals surface area contributed by atoms with Crippen LogP contribution in [0.1, 0.15) is 18.9 Å². The average Bonchev–Trinajstić information content (AvgIpc) is 3.77. The largest absolute Gasteiger partial charge is 0.756 e. The van der Waals surface area contributed by atoms with Gasteiger partial charge in [0.25, 0.3) is 26.8 Å². The zero-order valence-electron chi connectivity index (χ0n) is 24.7. The van der Waals surface area contributed by atoms with Crippen LogP contribution in [0.5, 0.6) is 0 Å². The number of aliphatic hydroxyl groups is 1. The summed E-state index contributed by atoms with van der Waals surface area (Å²) in [5.74, 6) is -0.637. The second kappa shape index (κ2) is 13.0. The molecule has 0 saturated carbocycles. The minimum absolute atomic E-state index is 0.167. The van der Waals surface area contributed by atoms with E-state index in [1.807, 2.05) is 0 Å². The minimum atomic E-state index is -5.48. The summed E-state index contributed by atoms with van der Waals surface area (Å²) in [6.07, 6.45) is -11.7. The highest BCUT2D eigenvalue weighted by Gasteiger charge is 2.52. The van der Waals surface area contributed by atoms with E-state index in [4.69, 9.17) is 43.6 Å². The zero-order chi connectivity index (χ0) is 35.7. The van der Waals surface area contributed by atoms with Gasteiger partial charge in [-0.2, -0.15) is 9.97 Å². The molecule has 7 rings (SSSR count). The molecule has 0 radical (unpaired) electrons. The van der Waals surface area contributed by atoms with Crippen LogP contribution in [0.2, 0.25) is 0 Å². The zero-order valence-corrected chi connectivity index (χ0v) is 27.4. The van der Waals surface area contributed by atoms with Crippen molar-refractivity contribution in [1.29, 1.82) is 0 Å². The number of ether oxygens (including phenoxy) is 2. The van der Waals surface area contributed by atoms with E-state index in [9.17, 15) is 43.4 Å². The number of H-pyrrole nitrogens is 2. The molecule has 0 bridgehead atoms. The highest BCUT2D eigenvalue weighted by molar-refractivity contribution is 7.46.